The fraction of sp³-hybridized carbons (Fsp3) is 0.455. The van der Waals surface area contributed by atoms with E-state index >= 15 is 0 Å². The fourth-order valence-electron chi connectivity index (χ4n) is 1.71. The van der Waals surface area contributed by atoms with Crippen LogP contribution in [0.2, 0.25) is 0 Å². The highest BCUT2D eigenvalue weighted by molar-refractivity contribution is 5.85. The molecule has 1 aromatic carbocycles. The lowest BCUT2D eigenvalue weighted by atomic mass is 10.0. The third-order valence-electron chi connectivity index (χ3n) is 2.41. The summed E-state index contributed by atoms with van der Waals surface area (Å²) in [6.07, 6.45) is -0.0129. The Labute approximate surface area is 96.0 Å². The van der Waals surface area contributed by atoms with Crippen LogP contribution in [0.3, 0.4) is 0 Å². The molecule has 0 amide bonds. The predicted octanol–water partition coefficient (Wildman–Crippen LogP) is 1.52. The van der Waals surface area contributed by atoms with Gasteiger partial charge in [0.25, 0.3) is 0 Å². The van der Waals surface area contributed by atoms with Gasteiger partial charge < -0.3 is 15.2 Å². The lowest BCUT2D eigenvalue weighted by Crippen LogP contribution is -2.37. The van der Waals surface area contributed by atoms with Crippen LogP contribution in [0.5, 0.6) is 0 Å². The highest BCUT2D eigenvalue weighted by Crippen LogP contribution is 2.25. The molecule has 2 atom stereocenters. The minimum absolute atomic E-state index is 0. The van der Waals surface area contributed by atoms with E-state index in [1.807, 2.05) is 30.3 Å². The zero-order valence-electron chi connectivity index (χ0n) is 8.46. The number of ether oxygens (including phenoxy) is 2. The summed E-state index contributed by atoms with van der Waals surface area (Å²) in [7, 11) is 0. The van der Waals surface area contributed by atoms with E-state index in [0.29, 0.717) is 19.8 Å². The molecule has 0 spiro atoms. The van der Waals surface area contributed by atoms with E-state index in [2.05, 4.69) is 0 Å². The first kappa shape index (κ1) is 12.5. The molecule has 2 N–H and O–H groups in total. The standard InChI is InChI=1S/C11H15NO2.ClH/c12-8-10-11(14-7-6-13-10)9-4-2-1-3-5-9;/h1-5,10-11H,6-8,12H2;1H/t10-,11+;/m0./s1. The summed E-state index contributed by atoms with van der Waals surface area (Å²) < 4.78 is 11.2. The van der Waals surface area contributed by atoms with Gasteiger partial charge in [-0.2, -0.15) is 0 Å². The Bertz CT molecular complexity index is 281. The average molecular weight is 230 g/mol. The van der Waals surface area contributed by atoms with Crippen LogP contribution in [0.4, 0.5) is 0 Å². The molecule has 84 valence electrons. The lowest BCUT2D eigenvalue weighted by Gasteiger charge is -2.31. The van der Waals surface area contributed by atoms with Crippen molar-refractivity contribution < 1.29 is 9.47 Å². The topological polar surface area (TPSA) is 44.5 Å². The third kappa shape index (κ3) is 2.92. The summed E-state index contributed by atoms with van der Waals surface area (Å²) >= 11 is 0. The van der Waals surface area contributed by atoms with E-state index in [1.165, 1.54) is 0 Å². The van der Waals surface area contributed by atoms with E-state index in [1.54, 1.807) is 0 Å². The Hall–Kier alpha value is -0.610. The first-order chi connectivity index (χ1) is 6.92. The summed E-state index contributed by atoms with van der Waals surface area (Å²) in [5.74, 6) is 0. The quantitative estimate of drug-likeness (QED) is 0.837. The Morgan fingerprint density at radius 2 is 1.80 bits per heavy atom. The van der Waals surface area contributed by atoms with Gasteiger partial charge in [0.15, 0.2) is 0 Å². The van der Waals surface area contributed by atoms with E-state index < -0.39 is 0 Å². The number of hydrogen-bond acceptors (Lipinski definition) is 3. The van der Waals surface area contributed by atoms with E-state index in [-0.39, 0.29) is 24.6 Å². The molecule has 0 bridgehead atoms. The minimum Gasteiger partial charge on any atom is -0.371 e. The molecule has 15 heavy (non-hydrogen) atoms. The normalized spacial score (nSPS) is 25.7. The number of nitrogens with two attached hydrogens (primary N) is 1. The first-order valence-electron chi connectivity index (χ1n) is 4.90. The van der Waals surface area contributed by atoms with Gasteiger partial charge >= 0.3 is 0 Å². The van der Waals surface area contributed by atoms with Crippen LogP contribution in [0.25, 0.3) is 0 Å². The van der Waals surface area contributed by atoms with Crippen molar-refractivity contribution in [1.82, 2.24) is 0 Å². The van der Waals surface area contributed by atoms with E-state index in [9.17, 15) is 0 Å². The summed E-state index contributed by atoms with van der Waals surface area (Å²) in [6.45, 7) is 1.79. The number of rotatable bonds is 2. The summed E-state index contributed by atoms with van der Waals surface area (Å²) in [4.78, 5) is 0. The molecule has 0 radical (unpaired) electrons. The Kier molecular flexibility index (Phi) is 5.05. The molecule has 1 heterocycles. The van der Waals surface area contributed by atoms with Gasteiger partial charge in [0.05, 0.1) is 13.2 Å². The maximum atomic E-state index is 5.66. The van der Waals surface area contributed by atoms with Crippen molar-refractivity contribution in [3.63, 3.8) is 0 Å². The van der Waals surface area contributed by atoms with Crippen molar-refractivity contribution in [1.29, 1.82) is 0 Å². The predicted molar refractivity (Wildman–Crippen MR) is 61.2 cm³/mol. The highest BCUT2D eigenvalue weighted by atomic mass is 35.5. The molecule has 1 aliphatic heterocycles. The molecule has 1 aliphatic rings. The van der Waals surface area contributed by atoms with Crippen LogP contribution < -0.4 is 5.73 Å². The van der Waals surface area contributed by atoms with Crippen molar-refractivity contribution in [3.05, 3.63) is 35.9 Å². The summed E-state index contributed by atoms with van der Waals surface area (Å²) in [5.41, 5.74) is 6.77. The smallest absolute Gasteiger partial charge is 0.110 e. The average Bonchev–Trinajstić information content (AvgIpc) is 2.30. The molecular formula is C11H16ClNO2. The molecule has 0 aromatic heterocycles. The fourth-order valence-corrected chi connectivity index (χ4v) is 1.71. The molecule has 0 saturated carbocycles. The van der Waals surface area contributed by atoms with Crippen LogP contribution >= 0.6 is 12.4 Å². The van der Waals surface area contributed by atoms with Gasteiger partial charge in [-0.15, -0.1) is 12.4 Å². The number of halogens is 1. The monoisotopic (exact) mass is 229 g/mol. The second kappa shape index (κ2) is 6.08. The molecule has 4 heteroatoms. The first-order valence-corrected chi connectivity index (χ1v) is 4.90. The van der Waals surface area contributed by atoms with Crippen molar-refractivity contribution in [2.24, 2.45) is 5.73 Å². The lowest BCUT2D eigenvalue weighted by molar-refractivity contribution is -0.138. The van der Waals surface area contributed by atoms with Crippen LogP contribution in [0, 0.1) is 0 Å². The number of benzene rings is 1. The van der Waals surface area contributed by atoms with Gasteiger partial charge in [-0.25, -0.2) is 0 Å². The van der Waals surface area contributed by atoms with Crippen LogP contribution in [-0.2, 0) is 9.47 Å². The largest absolute Gasteiger partial charge is 0.371 e. The molecular weight excluding hydrogens is 214 g/mol. The van der Waals surface area contributed by atoms with Gasteiger partial charge in [0.1, 0.15) is 12.2 Å². The van der Waals surface area contributed by atoms with Crippen LogP contribution in [0.15, 0.2) is 30.3 Å². The molecule has 1 fully saturated rings. The SMILES string of the molecule is Cl.NC[C@@H]1OCCO[C@@H]1c1ccccc1. The van der Waals surface area contributed by atoms with Gasteiger partial charge in [0, 0.05) is 6.54 Å². The van der Waals surface area contributed by atoms with Crippen molar-refractivity contribution in [3.8, 4) is 0 Å². The molecule has 1 saturated heterocycles. The van der Waals surface area contributed by atoms with E-state index in [0.717, 1.165) is 5.56 Å². The third-order valence-corrected chi connectivity index (χ3v) is 2.41. The Morgan fingerprint density at radius 1 is 1.13 bits per heavy atom. The Balaban J connectivity index is 0.00000112. The molecule has 0 aliphatic carbocycles. The highest BCUT2D eigenvalue weighted by Gasteiger charge is 2.26. The maximum absolute atomic E-state index is 5.66. The minimum atomic E-state index is -0.00819. The van der Waals surface area contributed by atoms with Crippen molar-refractivity contribution in [2.45, 2.75) is 12.2 Å². The van der Waals surface area contributed by atoms with Gasteiger partial charge in [-0.05, 0) is 5.56 Å². The van der Waals surface area contributed by atoms with Gasteiger partial charge in [-0.3, -0.25) is 0 Å². The van der Waals surface area contributed by atoms with Crippen molar-refractivity contribution >= 4 is 12.4 Å². The summed E-state index contributed by atoms with van der Waals surface area (Å²) in [5, 5.41) is 0. The van der Waals surface area contributed by atoms with Crippen molar-refractivity contribution in [2.75, 3.05) is 19.8 Å². The molecule has 1 aromatic rings. The second-order valence-electron chi connectivity index (χ2n) is 3.35. The Morgan fingerprint density at radius 3 is 2.47 bits per heavy atom. The van der Waals surface area contributed by atoms with E-state index in [4.69, 9.17) is 15.2 Å². The maximum Gasteiger partial charge on any atom is 0.110 e. The zero-order valence-corrected chi connectivity index (χ0v) is 9.28. The summed E-state index contributed by atoms with van der Waals surface area (Å²) in [6, 6.07) is 10.1. The molecule has 2 rings (SSSR count). The zero-order chi connectivity index (χ0) is 9.80. The number of hydrogen-bond donors (Lipinski definition) is 1. The molecule has 3 nitrogen and oxygen atoms in total. The van der Waals surface area contributed by atoms with Crippen LogP contribution in [0.1, 0.15) is 11.7 Å². The van der Waals surface area contributed by atoms with Gasteiger partial charge in [0.2, 0.25) is 0 Å². The van der Waals surface area contributed by atoms with Crippen LogP contribution in [-0.4, -0.2) is 25.9 Å². The second-order valence-corrected chi connectivity index (χ2v) is 3.35. The molecule has 0 unspecified atom stereocenters. The van der Waals surface area contributed by atoms with Gasteiger partial charge in [-0.1, -0.05) is 30.3 Å².